The predicted octanol–water partition coefficient (Wildman–Crippen LogP) is 2.55. The fraction of sp³-hybridized carbons (Fsp3) is 0.533. The maximum atomic E-state index is 13.4. The molecule has 3 nitrogen and oxygen atoms in total. The molecule has 0 atom stereocenters. The third-order valence-electron chi connectivity index (χ3n) is 3.80. The van der Waals surface area contributed by atoms with Crippen molar-refractivity contribution in [3.05, 3.63) is 35.4 Å². The molecule has 1 aliphatic heterocycles. The molecule has 5 heteroatoms. The molecule has 0 saturated carbocycles. The van der Waals surface area contributed by atoms with Crippen molar-refractivity contribution in [1.29, 1.82) is 0 Å². The number of rotatable bonds is 3. The maximum absolute atomic E-state index is 13.4. The second-order valence-corrected chi connectivity index (χ2v) is 5.36. The standard InChI is InChI=1S/C15H21F2N3/c1-11-6-9-20(10-7-11)15(18)19-8-5-12-13(16)3-2-4-14(12)17/h2-4,11H,5-10H2,1H3,(H2,18,19). The zero-order valence-electron chi connectivity index (χ0n) is 11.8. The fourth-order valence-corrected chi connectivity index (χ4v) is 2.39. The van der Waals surface area contributed by atoms with Gasteiger partial charge in [0.1, 0.15) is 11.6 Å². The largest absolute Gasteiger partial charge is 0.370 e. The third-order valence-corrected chi connectivity index (χ3v) is 3.80. The molecule has 0 unspecified atom stereocenters. The molecule has 2 rings (SSSR count). The highest BCUT2D eigenvalue weighted by molar-refractivity contribution is 5.78. The van der Waals surface area contributed by atoms with Gasteiger partial charge in [-0.3, -0.25) is 4.99 Å². The quantitative estimate of drug-likeness (QED) is 0.683. The Kier molecular flexibility index (Phi) is 4.93. The third kappa shape index (κ3) is 3.68. The first-order valence-corrected chi connectivity index (χ1v) is 7.05. The van der Waals surface area contributed by atoms with Gasteiger partial charge in [-0.25, -0.2) is 8.78 Å². The zero-order chi connectivity index (χ0) is 14.5. The highest BCUT2D eigenvalue weighted by atomic mass is 19.1. The van der Waals surface area contributed by atoms with Crippen LogP contribution in [0.15, 0.2) is 23.2 Å². The van der Waals surface area contributed by atoms with E-state index in [9.17, 15) is 8.78 Å². The number of hydrogen-bond acceptors (Lipinski definition) is 1. The van der Waals surface area contributed by atoms with E-state index in [4.69, 9.17) is 5.73 Å². The topological polar surface area (TPSA) is 41.6 Å². The van der Waals surface area contributed by atoms with Crippen LogP contribution < -0.4 is 5.73 Å². The van der Waals surface area contributed by atoms with Crippen LogP contribution in [0.2, 0.25) is 0 Å². The number of guanidine groups is 1. The van der Waals surface area contributed by atoms with Crippen LogP contribution in [0.1, 0.15) is 25.3 Å². The van der Waals surface area contributed by atoms with Crippen molar-refractivity contribution < 1.29 is 8.78 Å². The van der Waals surface area contributed by atoms with Gasteiger partial charge in [-0.2, -0.15) is 0 Å². The number of nitrogens with two attached hydrogens (primary N) is 1. The van der Waals surface area contributed by atoms with Crippen LogP contribution in [0.5, 0.6) is 0 Å². The van der Waals surface area contributed by atoms with Gasteiger partial charge >= 0.3 is 0 Å². The smallest absolute Gasteiger partial charge is 0.191 e. The fourth-order valence-electron chi connectivity index (χ4n) is 2.39. The average Bonchev–Trinajstić information content (AvgIpc) is 2.42. The average molecular weight is 281 g/mol. The van der Waals surface area contributed by atoms with Crippen molar-refractivity contribution in [3.8, 4) is 0 Å². The minimum Gasteiger partial charge on any atom is -0.370 e. The molecule has 1 saturated heterocycles. The Labute approximate surface area is 118 Å². The van der Waals surface area contributed by atoms with Gasteiger partial charge in [0.25, 0.3) is 0 Å². The van der Waals surface area contributed by atoms with Gasteiger partial charge < -0.3 is 10.6 Å². The molecule has 1 aromatic rings. The van der Waals surface area contributed by atoms with E-state index in [1.165, 1.54) is 18.2 Å². The predicted molar refractivity (Wildman–Crippen MR) is 76.5 cm³/mol. The van der Waals surface area contributed by atoms with Gasteiger partial charge in [-0.1, -0.05) is 13.0 Å². The summed E-state index contributed by atoms with van der Waals surface area (Å²) in [7, 11) is 0. The molecule has 1 aliphatic rings. The molecular weight excluding hydrogens is 260 g/mol. The normalized spacial score (nSPS) is 17.6. The second-order valence-electron chi connectivity index (χ2n) is 5.36. The van der Waals surface area contributed by atoms with Crippen LogP contribution in [-0.4, -0.2) is 30.5 Å². The number of piperidine rings is 1. The van der Waals surface area contributed by atoms with Crippen molar-refractivity contribution >= 4 is 5.96 Å². The summed E-state index contributed by atoms with van der Waals surface area (Å²) >= 11 is 0. The summed E-state index contributed by atoms with van der Waals surface area (Å²) in [5, 5.41) is 0. The highest BCUT2D eigenvalue weighted by Crippen LogP contribution is 2.16. The zero-order valence-corrected chi connectivity index (χ0v) is 11.8. The Morgan fingerprint density at radius 2 is 1.90 bits per heavy atom. The first kappa shape index (κ1) is 14.8. The van der Waals surface area contributed by atoms with E-state index in [-0.39, 0.29) is 12.0 Å². The van der Waals surface area contributed by atoms with E-state index in [0.29, 0.717) is 12.5 Å². The molecule has 0 spiro atoms. The second kappa shape index (κ2) is 6.68. The number of likely N-dealkylation sites (tertiary alicyclic amines) is 1. The first-order chi connectivity index (χ1) is 9.58. The van der Waals surface area contributed by atoms with Gasteiger partial charge in [0.05, 0.1) is 0 Å². The lowest BCUT2D eigenvalue weighted by Gasteiger charge is -2.31. The lowest BCUT2D eigenvalue weighted by atomic mass is 10.00. The first-order valence-electron chi connectivity index (χ1n) is 7.05. The van der Waals surface area contributed by atoms with E-state index in [0.717, 1.165) is 31.8 Å². The molecule has 1 aromatic carbocycles. The summed E-state index contributed by atoms with van der Waals surface area (Å²) < 4.78 is 26.9. The summed E-state index contributed by atoms with van der Waals surface area (Å²) in [6, 6.07) is 3.88. The molecule has 0 amide bonds. The van der Waals surface area contributed by atoms with E-state index in [2.05, 4.69) is 11.9 Å². The van der Waals surface area contributed by atoms with Crippen molar-refractivity contribution in [2.45, 2.75) is 26.2 Å². The van der Waals surface area contributed by atoms with Crippen LogP contribution >= 0.6 is 0 Å². The molecule has 0 aromatic heterocycles. The van der Waals surface area contributed by atoms with Gasteiger partial charge in [0.2, 0.25) is 0 Å². The Balaban J connectivity index is 1.89. The van der Waals surface area contributed by atoms with Crippen molar-refractivity contribution in [1.82, 2.24) is 4.90 Å². The van der Waals surface area contributed by atoms with Crippen LogP contribution in [-0.2, 0) is 6.42 Å². The summed E-state index contributed by atoms with van der Waals surface area (Å²) in [5.41, 5.74) is 6.00. The Morgan fingerprint density at radius 3 is 2.50 bits per heavy atom. The molecule has 0 bridgehead atoms. The van der Waals surface area contributed by atoms with Crippen LogP contribution in [0.25, 0.3) is 0 Å². The van der Waals surface area contributed by atoms with Gasteiger partial charge in [0.15, 0.2) is 5.96 Å². The van der Waals surface area contributed by atoms with E-state index in [1.807, 2.05) is 4.90 Å². The molecule has 0 radical (unpaired) electrons. The van der Waals surface area contributed by atoms with E-state index >= 15 is 0 Å². The van der Waals surface area contributed by atoms with Crippen molar-refractivity contribution in [3.63, 3.8) is 0 Å². The lowest BCUT2D eigenvalue weighted by molar-refractivity contribution is 0.277. The summed E-state index contributed by atoms with van der Waals surface area (Å²) in [6.45, 7) is 4.34. The Morgan fingerprint density at radius 1 is 1.30 bits per heavy atom. The number of halogens is 2. The molecule has 1 fully saturated rings. The minimum atomic E-state index is -0.523. The minimum absolute atomic E-state index is 0.0799. The SMILES string of the molecule is CC1CCN(C(N)=NCCc2c(F)cccc2F)CC1. The van der Waals surface area contributed by atoms with Gasteiger partial charge in [-0.15, -0.1) is 0 Å². The summed E-state index contributed by atoms with van der Waals surface area (Å²) in [4.78, 5) is 6.28. The highest BCUT2D eigenvalue weighted by Gasteiger charge is 2.17. The van der Waals surface area contributed by atoms with E-state index in [1.54, 1.807) is 0 Å². The molecule has 20 heavy (non-hydrogen) atoms. The number of aliphatic imine (C=N–C) groups is 1. The molecule has 110 valence electrons. The van der Waals surface area contributed by atoms with Crippen molar-refractivity contribution in [2.24, 2.45) is 16.6 Å². The summed E-state index contributed by atoms with van der Waals surface area (Å²) in [5.74, 6) is 0.163. The Hall–Kier alpha value is -1.65. The monoisotopic (exact) mass is 281 g/mol. The Bertz CT molecular complexity index is 460. The summed E-state index contributed by atoms with van der Waals surface area (Å²) in [6.07, 6.45) is 2.44. The van der Waals surface area contributed by atoms with Crippen molar-refractivity contribution in [2.75, 3.05) is 19.6 Å². The van der Waals surface area contributed by atoms with Crippen LogP contribution in [0.4, 0.5) is 8.78 Å². The molecular formula is C15H21F2N3. The van der Waals surface area contributed by atoms with Crippen LogP contribution in [0, 0.1) is 17.6 Å². The molecule has 0 aliphatic carbocycles. The molecule has 1 heterocycles. The lowest BCUT2D eigenvalue weighted by Crippen LogP contribution is -2.42. The van der Waals surface area contributed by atoms with Gasteiger partial charge in [0, 0.05) is 25.2 Å². The van der Waals surface area contributed by atoms with Gasteiger partial charge in [-0.05, 0) is 37.3 Å². The number of hydrogen-bond donors (Lipinski definition) is 1. The van der Waals surface area contributed by atoms with Crippen LogP contribution in [0.3, 0.4) is 0 Å². The van der Waals surface area contributed by atoms with E-state index < -0.39 is 11.6 Å². The number of nitrogens with zero attached hydrogens (tertiary/aromatic N) is 2. The maximum Gasteiger partial charge on any atom is 0.191 e. The molecule has 2 N–H and O–H groups in total. The number of benzene rings is 1.